The summed E-state index contributed by atoms with van der Waals surface area (Å²) >= 11 is 0. The summed E-state index contributed by atoms with van der Waals surface area (Å²) in [6, 6.07) is 0. The molecule has 1 aromatic rings. The van der Waals surface area contributed by atoms with Crippen molar-refractivity contribution in [2.45, 2.75) is 20.0 Å². The molecule has 0 unspecified atom stereocenters. The van der Waals surface area contributed by atoms with E-state index in [9.17, 15) is 9.59 Å². The number of nitrogens with one attached hydrogen (secondary N) is 1. The van der Waals surface area contributed by atoms with Crippen molar-refractivity contribution in [3.63, 3.8) is 0 Å². The van der Waals surface area contributed by atoms with Gasteiger partial charge in [0, 0.05) is 5.57 Å². The van der Waals surface area contributed by atoms with Crippen LogP contribution in [0.5, 0.6) is 0 Å². The summed E-state index contributed by atoms with van der Waals surface area (Å²) in [6.07, 6.45) is 2.24. The highest BCUT2D eigenvalue weighted by Crippen LogP contribution is 2.23. The molecule has 1 N–H and O–H groups in total. The van der Waals surface area contributed by atoms with E-state index < -0.39 is 5.97 Å². The van der Waals surface area contributed by atoms with E-state index in [-0.39, 0.29) is 18.0 Å². The van der Waals surface area contributed by atoms with Gasteiger partial charge in [0.1, 0.15) is 6.61 Å². The molecular formula is C11H12N2O4. The van der Waals surface area contributed by atoms with Gasteiger partial charge in [0.25, 0.3) is 5.56 Å². The van der Waals surface area contributed by atoms with E-state index in [1.807, 2.05) is 6.92 Å². The summed E-state index contributed by atoms with van der Waals surface area (Å²) in [7, 11) is 1.24. The number of nitrogens with zero attached hydrogens (tertiary/aromatic N) is 1. The molecule has 0 fully saturated rings. The zero-order valence-corrected chi connectivity index (χ0v) is 9.57. The lowest BCUT2D eigenvalue weighted by Crippen LogP contribution is -2.24. The van der Waals surface area contributed by atoms with Crippen molar-refractivity contribution in [2.24, 2.45) is 0 Å². The van der Waals surface area contributed by atoms with Crippen LogP contribution in [0, 0.1) is 0 Å². The zero-order chi connectivity index (χ0) is 12.4. The van der Waals surface area contributed by atoms with E-state index in [0.717, 1.165) is 5.57 Å². The summed E-state index contributed by atoms with van der Waals surface area (Å²) in [5, 5.41) is 0. The molecule has 1 aliphatic heterocycles. The van der Waals surface area contributed by atoms with Crippen LogP contribution >= 0.6 is 0 Å². The molecule has 0 aliphatic carbocycles. The molecule has 0 bridgehead atoms. The molecule has 0 saturated heterocycles. The summed E-state index contributed by atoms with van der Waals surface area (Å²) < 4.78 is 9.70. The van der Waals surface area contributed by atoms with Gasteiger partial charge in [0.2, 0.25) is 5.82 Å². The molecule has 0 radical (unpaired) electrons. The summed E-state index contributed by atoms with van der Waals surface area (Å²) in [6.45, 7) is 2.09. The van der Waals surface area contributed by atoms with Crippen molar-refractivity contribution in [2.75, 3.05) is 7.11 Å². The normalized spacial score (nSPS) is 13.4. The number of carbonyl (C=O) groups is 1. The topological polar surface area (TPSA) is 81.3 Å². The Kier molecular flexibility index (Phi) is 2.95. The lowest BCUT2D eigenvalue weighted by atomic mass is 10.1. The Bertz CT molecular complexity index is 545. The van der Waals surface area contributed by atoms with E-state index in [4.69, 9.17) is 4.74 Å². The first-order valence-electron chi connectivity index (χ1n) is 5.20. The van der Waals surface area contributed by atoms with Gasteiger partial charge in [0.15, 0.2) is 0 Å². The van der Waals surface area contributed by atoms with E-state index in [1.165, 1.54) is 7.11 Å². The van der Waals surface area contributed by atoms with Crippen LogP contribution in [0.3, 0.4) is 0 Å². The van der Waals surface area contributed by atoms with Crippen LogP contribution in [0.4, 0.5) is 0 Å². The Morgan fingerprint density at radius 2 is 2.41 bits per heavy atom. The van der Waals surface area contributed by atoms with Crippen LogP contribution in [0.2, 0.25) is 0 Å². The number of rotatable bonds is 2. The fourth-order valence-corrected chi connectivity index (χ4v) is 1.62. The van der Waals surface area contributed by atoms with Crippen molar-refractivity contribution in [3.8, 4) is 0 Å². The van der Waals surface area contributed by atoms with Crippen molar-refractivity contribution in [3.05, 3.63) is 33.7 Å². The highest BCUT2D eigenvalue weighted by Gasteiger charge is 2.21. The Balaban J connectivity index is 2.60. The largest absolute Gasteiger partial charge is 0.496 e. The standard InChI is InChI=1S/C11H12N2O4/c1-3-6-4-17-5-7-8(6)12-9(11(15)16-2)13-10(7)14/h4H,3,5H2,1-2H3,(H,12,13,14). The maximum absolute atomic E-state index is 11.8. The number of aromatic nitrogens is 2. The fourth-order valence-electron chi connectivity index (χ4n) is 1.62. The SMILES string of the molecule is CCC1=COCc2c1nc(C(=O)OC)[nH]c2=O. The van der Waals surface area contributed by atoms with Crippen LogP contribution in [0.15, 0.2) is 11.1 Å². The predicted octanol–water partition coefficient (Wildman–Crippen LogP) is 0.838. The van der Waals surface area contributed by atoms with E-state index in [1.54, 1.807) is 6.26 Å². The van der Waals surface area contributed by atoms with Crippen LogP contribution in [-0.4, -0.2) is 23.0 Å². The Labute approximate surface area is 97.3 Å². The smallest absolute Gasteiger partial charge is 0.374 e. The molecule has 0 spiro atoms. The highest BCUT2D eigenvalue weighted by atomic mass is 16.5. The molecule has 0 aromatic carbocycles. The quantitative estimate of drug-likeness (QED) is 0.769. The number of fused-ring (bicyclic) bond motifs is 1. The number of methoxy groups -OCH3 is 1. The van der Waals surface area contributed by atoms with Crippen molar-refractivity contribution in [1.29, 1.82) is 0 Å². The summed E-state index contributed by atoms with van der Waals surface area (Å²) in [5.41, 5.74) is 1.39. The van der Waals surface area contributed by atoms with Crippen molar-refractivity contribution in [1.82, 2.24) is 9.97 Å². The molecule has 2 heterocycles. The molecule has 6 nitrogen and oxygen atoms in total. The van der Waals surface area contributed by atoms with Gasteiger partial charge < -0.3 is 14.5 Å². The van der Waals surface area contributed by atoms with Gasteiger partial charge in [-0.1, -0.05) is 6.92 Å². The van der Waals surface area contributed by atoms with Crippen LogP contribution < -0.4 is 5.56 Å². The minimum Gasteiger partial charge on any atom is -0.496 e. The number of aromatic amines is 1. The Hall–Kier alpha value is -2.11. The van der Waals surface area contributed by atoms with Crippen molar-refractivity contribution < 1.29 is 14.3 Å². The maximum atomic E-state index is 11.8. The third-order valence-corrected chi connectivity index (χ3v) is 2.53. The first-order valence-corrected chi connectivity index (χ1v) is 5.20. The second-order valence-corrected chi connectivity index (χ2v) is 3.54. The third kappa shape index (κ3) is 1.93. The second-order valence-electron chi connectivity index (χ2n) is 3.54. The molecule has 6 heteroatoms. The minimum absolute atomic E-state index is 0.0856. The zero-order valence-electron chi connectivity index (χ0n) is 9.57. The molecular weight excluding hydrogens is 224 g/mol. The molecule has 90 valence electrons. The molecule has 0 amide bonds. The summed E-state index contributed by atoms with van der Waals surface area (Å²) in [4.78, 5) is 29.6. The number of ether oxygens (including phenoxy) is 2. The number of carbonyl (C=O) groups excluding carboxylic acids is 1. The molecule has 2 rings (SSSR count). The van der Waals surface area contributed by atoms with Gasteiger partial charge in [0.05, 0.1) is 24.6 Å². The predicted molar refractivity (Wildman–Crippen MR) is 59.3 cm³/mol. The Morgan fingerprint density at radius 1 is 1.65 bits per heavy atom. The van der Waals surface area contributed by atoms with Crippen LogP contribution in [-0.2, 0) is 16.1 Å². The molecule has 0 atom stereocenters. The van der Waals surface area contributed by atoms with E-state index in [0.29, 0.717) is 17.7 Å². The van der Waals surface area contributed by atoms with Gasteiger partial charge in [-0.15, -0.1) is 0 Å². The monoisotopic (exact) mass is 236 g/mol. The second kappa shape index (κ2) is 4.40. The highest BCUT2D eigenvalue weighted by molar-refractivity contribution is 5.85. The van der Waals surface area contributed by atoms with Gasteiger partial charge >= 0.3 is 5.97 Å². The van der Waals surface area contributed by atoms with E-state index in [2.05, 4.69) is 14.7 Å². The van der Waals surface area contributed by atoms with Gasteiger partial charge in [-0.3, -0.25) is 4.79 Å². The first-order chi connectivity index (χ1) is 8.17. The van der Waals surface area contributed by atoms with Crippen molar-refractivity contribution >= 4 is 11.5 Å². The lowest BCUT2D eigenvalue weighted by Gasteiger charge is -2.15. The average molecular weight is 236 g/mol. The van der Waals surface area contributed by atoms with Gasteiger partial charge in [-0.05, 0) is 6.42 Å². The lowest BCUT2D eigenvalue weighted by molar-refractivity contribution is 0.0585. The molecule has 17 heavy (non-hydrogen) atoms. The number of allylic oxidation sites excluding steroid dienone is 1. The molecule has 1 aliphatic rings. The minimum atomic E-state index is -0.660. The number of hydrogen-bond acceptors (Lipinski definition) is 5. The van der Waals surface area contributed by atoms with Crippen LogP contribution in [0.1, 0.15) is 35.2 Å². The van der Waals surface area contributed by atoms with Crippen LogP contribution in [0.25, 0.3) is 5.57 Å². The first kappa shape index (κ1) is 11.4. The number of hydrogen-bond donors (Lipinski definition) is 1. The Morgan fingerprint density at radius 3 is 3.06 bits per heavy atom. The van der Waals surface area contributed by atoms with Gasteiger partial charge in [-0.25, -0.2) is 9.78 Å². The number of H-pyrrole nitrogens is 1. The van der Waals surface area contributed by atoms with Gasteiger partial charge in [-0.2, -0.15) is 0 Å². The maximum Gasteiger partial charge on any atom is 0.374 e. The molecule has 1 aromatic heterocycles. The summed E-state index contributed by atoms with van der Waals surface area (Å²) in [5.74, 6) is -0.746. The average Bonchev–Trinajstić information content (AvgIpc) is 2.37. The number of esters is 1. The third-order valence-electron chi connectivity index (χ3n) is 2.53. The fraction of sp³-hybridized carbons (Fsp3) is 0.364. The molecule has 0 saturated carbocycles. The van der Waals surface area contributed by atoms with E-state index >= 15 is 0 Å².